The van der Waals surface area contributed by atoms with Gasteiger partial charge in [0.1, 0.15) is 37.9 Å². The van der Waals surface area contributed by atoms with Gasteiger partial charge in [-0.25, -0.2) is 28.8 Å². The number of rotatable bonds is 24. The second-order valence-electron chi connectivity index (χ2n) is 18.7. The number of ether oxygens (including phenoxy) is 7. The Morgan fingerprint density at radius 1 is 0.537 bits per heavy atom. The summed E-state index contributed by atoms with van der Waals surface area (Å²) in [4.78, 5) is 114. The van der Waals surface area contributed by atoms with Crippen LogP contribution in [0.5, 0.6) is 11.5 Å². The van der Waals surface area contributed by atoms with E-state index in [2.05, 4.69) is 17.9 Å². The summed E-state index contributed by atoms with van der Waals surface area (Å²) >= 11 is 0. The Morgan fingerprint density at radius 2 is 0.976 bits per heavy atom. The van der Waals surface area contributed by atoms with Crippen molar-refractivity contribution in [2.24, 2.45) is 11.8 Å². The number of aromatic carboxylic acids is 2. The van der Waals surface area contributed by atoms with E-state index in [1.54, 1.807) is 36.4 Å². The lowest BCUT2D eigenvalue weighted by atomic mass is 9.68. The average Bonchev–Trinajstić information content (AvgIpc) is 1.86. The van der Waals surface area contributed by atoms with Gasteiger partial charge in [-0.3, -0.25) is 14.4 Å². The zero-order chi connectivity index (χ0) is 58.7. The Morgan fingerprint density at radius 3 is 1.41 bits per heavy atom. The number of ketones is 1. The maximum absolute atomic E-state index is 13.8. The van der Waals surface area contributed by atoms with Crippen molar-refractivity contribution in [3.8, 4) is 22.6 Å². The molecule has 0 aliphatic heterocycles. The van der Waals surface area contributed by atoms with Gasteiger partial charge in [0.05, 0.1) is 46.6 Å². The lowest BCUT2D eigenvalue weighted by Crippen LogP contribution is -2.37. The van der Waals surface area contributed by atoms with E-state index in [4.69, 9.17) is 28.4 Å². The molecule has 4 atom stereocenters. The molecule has 6 aromatic rings. The summed E-state index contributed by atoms with van der Waals surface area (Å²) in [6.45, 7) is 5.22. The van der Waals surface area contributed by atoms with Crippen molar-refractivity contribution in [3.63, 3.8) is 0 Å². The van der Waals surface area contributed by atoms with Gasteiger partial charge in [-0.15, -0.1) is 0 Å². The van der Waals surface area contributed by atoms with Crippen LogP contribution in [0.25, 0.3) is 11.1 Å². The number of methoxy groups -OCH3 is 1. The van der Waals surface area contributed by atoms with Crippen LogP contribution in [-0.4, -0.2) is 115 Å². The number of allylic oxidation sites excluding steroid dienone is 2. The number of carbonyl (C=O) groups is 9. The molecular weight excluding hydrogens is 1060 g/mol. The van der Waals surface area contributed by atoms with E-state index in [0.717, 1.165) is 83.0 Å². The number of aliphatic carboxylic acids is 1. The molecule has 6 aromatic carbocycles. The minimum Gasteiger partial charge on any atom is -0.490 e. The molecule has 0 amide bonds. The van der Waals surface area contributed by atoms with E-state index in [9.17, 15) is 58.5 Å². The number of hydrogen-bond donors (Lipinski definition) is 3. The molecule has 0 fully saturated rings. The summed E-state index contributed by atoms with van der Waals surface area (Å²) in [6, 6.07) is 36.7. The van der Waals surface area contributed by atoms with Crippen molar-refractivity contribution in [2.75, 3.05) is 33.5 Å². The van der Waals surface area contributed by atoms with Gasteiger partial charge in [0, 0.05) is 23.3 Å². The Hall–Kier alpha value is -10.4. The summed E-state index contributed by atoms with van der Waals surface area (Å²) in [5.74, 6) is -10.9. The molecule has 418 valence electrons. The quantitative estimate of drug-likeness (QED) is 0.0168. The van der Waals surface area contributed by atoms with Crippen LogP contribution in [0.15, 0.2) is 171 Å². The molecule has 0 spiro atoms. The maximum Gasteiger partial charge on any atom is 0.339 e. The van der Waals surface area contributed by atoms with Gasteiger partial charge in [-0.05, 0) is 94.8 Å². The SMILES string of the molecule is C=CC(=O)OCC(COc1ccc(C2(c3ccc(OCC(COC(=O)C=C)OC(=O)C4CC=CCC4C(=O)O)cc3)c3ccccc3-c3ccccc32)cc1)OC(=O)c1ccc(C(=O)c2ccc(C(=O)OC)c(C(=O)O)c2)cc1C(=O)O. The monoisotopic (exact) mass is 1110 g/mol. The molecule has 2 aliphatic rings. The first-order valence-corrected chi connectivity index (χ1v) is 25.4. The second kappa shape index (κ2) is 25.6. The Balaban J connectivity index is 1.03. The molecule has 0 bridgehead atoms. The van der Waals surface area contributed by atoms with Crippen LogP contribution in [0, 0.1) is 11.8 Å². The van der Waals surface area contributed by atoms with Crippen LogP contribution in [0.1, 0.15) is 92.4 Å². The second-order valence-corrected chi connectivity index (χ2v) is 18.7. The van der Waals surface area contributed by atoms with Gasteiger partial charge in [0.25, 0.3) is 0 Å². The van der Waals surface area contributed by atoms with Crippen LogP contribution in [-0.2, 0) is 48.3 Å². The first-order chi connectivity index (χ1) is 39.5. The van der Waals surface area contributed by atoms with Gasteiger partial charge in [0.2, 0.25) is 0 Å². The highest BCUT2D eigenvalue weighted by Crippen LogP contribution is 2.56. The molecule has 0 heterocycles. The molecule has 82 heavy (non-hydrogen) atoms. The topological polar surface area (TPSA) is 279 Å². The van der Waals surface area contributed by atoms with E-state index in [1.807, 2.05) is 72.8 Å². The number of carboxylic acid groups (broad SMARTS) is 3. The number of hydrogen-bond acceptors (Lipinski definition) is 16. The largest absolute Gasteiger partial charge is 0.490 e. The number of carbonyl (C=O) groups excluding carboxylic acids is 6. The summed E-state index contributed by atoms with van der Waals surface area (Å²) < 4.78 is 38.7. The van der Waals surface area contributed by atoms with Gasteiger partial charge in [-0.2, -0.15) is 0 Å². The van der Waals surface area contributed by atoms with Crippen LogP contribution >= 0.6 is 0 Å². The van der Waals surface area contributed by atoms with Crippen molar-refractivity contribution in [2.45, 2.75) is 30.5 Å². The predicted octanol–water partition coefficient (Wildman–Crippen LogP) is 8.48. The predicted molar refractivity (Wildman–Crippen MR) is 291 cm³/mol. The molecule has 0 aromatic heterocycles. The molecule has 0 radical (unpaired) electrons. The van der Waals surface area contributed by atoms with Gasteiger partial charge >= 0.3 is 47.8 Å². The van der Waals surface area contributed by atoms with E-state index in [1.165, 1.54) is 6.07 Å². The van der Waals surface area contributed by atoms with Crippen molar-refractivity contribution < 1.29 is 91.6 Å². The molecule has 0 saturated heterocycles. The summed E-state index contributed by atoms with van der Waals surface area (Å²) in [7, 11) is 1.06. The average molecular weight is 1110 g/mol. The highest BCUT2D eigenvalue weighted by molar-refractivity contribution is 6.13. The fourth-order valence-corrected chi connectivity index (χ4v) is 9.88. The maximum atomic E-state index is 13.8. The molecule has 2 aliphatic carbocycles. The molecule has 19 heteroatoms. The van der Waals surface area contributed by atoms with E-state index >= 15 is 0 Å². The molecule has 0 saturated carbocycles. The zero-order valence-electron chi connectivity index (χ0n) is 43.9. The zero-order valence-corrected chi connectivity index (χ0v) is 43.9. The smallest absolute Gasteiger partial charge is 0.339 e. The van der Waals surface area contributed by atoms with Crippen molar-refractivity contribution >= 4 is 53.5 Å². The number of carboxylic acids is 3. The van der Waals surface area contributed by atoms with E-state index < -0.39 is 113 Å². The van der Waals surface area contributed by atoms with Crippen molar-refractivity contribution in [3.05, 3.63) is 227 Å². The van der Waals surface area contributed by atoms with E-state index in [-0.39, 0.29) is 42.7 Å². The van der Waals surface area contributed by atoms with Crippen LogP contribution < -0.4 is 9.47 Å². The lowest BCUT2D eigenvalue weighted by Gasteiger charge is -2.34. The first kappa shape index (κ1) is 57.7. The van der Waals surface area contributed by atoms with Crippen LogP contribution in [0.3, 0.4) is 0 Å². The standard InChI is InChI=1S/C63H52O19/c1-4-54(64)79-34-42(81-61(74)47-15-7-6-14-46(47)57(67)68)32-77-40-24-20-38(21-25-40)63(52-16-10-8-12-44(52)45-13-9-11-17-53(45)63)39-22-26-41(27-23-39)78-33-43(35-80-55(65)5-2)82-62(75)49-29-19-37(31-51(49)59(71)72)56(66)36-18-28-48(60(73)76-3)50(30-36)58(69)70/h4-13,16-31,42-43,46-47H,1-2,14-15,32-35H2,3H3,(H,67,68)(H,69,70)(H,71,72). The molecule has 4 unspecified atom stereocenters. The molecular formula is C63H52O19. The van der Waals surface area contributed by atoms with Crippen molar-refractivity contribution in [1.82, 2.24) is 0 Å². The van der Waals surface area contributed by atoms with E-state index in [0.29, 0.717) is 11.5 Å². The lowest BCUT2D eigenvalue weighted by molar-refractivity contribution is -0.167. The van der Waals surface area contributed by atoms with Gasteiger partial charge in [0.15, 0.2) is 18.0 Å². The molecule has 19 nitrogen and oxygen atoms in total. The normalized spacial score (nSPS) is 15.1. The minimum atomic E-state index is -1.62. The van der Waals surface area contributed by atoms with Crippen LogP contribution in [0.2, 0.25) is 0 Å². The Labute approximate surface area is 468 Å². The number of benzene rings is 6. The third-order valence-electron chi connectivity index (χ3n) is 13.8. The summed E-state index contributed by atoms with van der Waals surface area (Å²) in [6.07, 6.45) is 3.18. The molecule has 3 N–H and O–H groups in total. The number of fused-ring (bicyclic) bond motifs is 3. The highest BCUT2D eigenvalue weighted by atomic mass is 16.6. The van der Waals surface area contributed by atoms with Gasteiger partial charge in [-0.1, -0.05) is 110 Å². The molecule has 8 rings (SSSR count). The Bertz CT molecular complexity index is 3490. The third-order valence-corrected chi connectivity index (χ3v) is 13.8. The van der Waals surface area contributed by atoms with Crippen LogP contribution in [0.4, 0.5) is 0 Å². The Kier molecular flexibility index (Phi) is 18.0. The number of esters is 5. The minimum absolute atomic E-state index is 0.161. The van der Waals surface area contributed by atoms with Crippen molar-refractivity contribution in [1.29, 1.82) is 0 Å². The third kappa shape index (κ3) is 12.4. The fourth-order valence-electron chi connectivity index (χ4n) is 9.88. The summed E-state index contributed by atoms with van der Waals surface area (Å²) in [5.41, 5.74) is 2.19. The highest BCUT2D eigenvalue weighted by Gasteiger charge is 2.46. The first-order valence-electron chi connectivity index (χ1n) is 25.4. The summed E-state index contributed by atoms with van der Waals surface area (Å²) in [5, 5.41) is 29.7. The van der Waals surface area contributed by atoms with Gasteiger partial charge < -0.3 is 48.5 Å². The fraction of sp³-hybridized carbons (Fsp3) is 0.190.